The molecule has 9 heteroatoms. The molecule has 2 rings (SSSR count). The van der Waals surface area contributed by atoms with Crippen LogP contribution in [0.15, 0.2) is 34.3 Å². The molecule has 0 aliphatic carbocycles. The Bertz CT molecular complexity index is 1050. The number of nitrogens with one attached hydrogen (secondary N) is 1. The van der Waals surface area contributed by atoms with Crippen LogP contribution in [-0.4, -0.2) is 28.9 Å². The number of nitrogens with zero attached hydrogens (tertiary/aromatic N) is 1. The molecule has 29 heavy (non-hydrogen) atoms. The van der Waals surface area contributed by atoms with E-state index in [0.717, 1.165) is 5.56 Å². The summed E-state index contributed by atoms with van der Waals surface area (Å²) < 4.78 is 36.0. The number of hydrogen-bond acceptors (Lipinski definition) is 5. The van der Waals surface area contributed by atoms with E-state index in [9.17, 15) is 8.42 Å². The van der Waals surface area contributed by atoms with E-state index in [-0.39, 0.29) is 31.9 Å². The van der Waals surface area contributed by atoms with Crippen molar-refractivity contribution in [3.05, 3.63) is 51.0 Å². The van der Waals surface area contributed by atoms with E-state index in [1.54, 1.807) is 19.1 Å². The molecule has 0 aliphatic heterocycles. The van der Waals surface area contributed by atoms with Crippen LogP contribution >= 0.6 is 23.2 Å². The van der Waals surface area contributed by atoms with Crippen molar-refractivity contribution in [1.82, 2.24) is 4.83 Å². The second-order valence-corrected chi connectivity index (χ2v) is 9.83. The molecule has 0 saturated carbocycles. The predicted octanol–water partition coefficient (Wildman–Crippen LogP) is 4.93. The third kappa shape index (κ3) is 5.15. The fraction of sp³-hybridized carbons (Fsp3) is 0.350. The number of ether oxygens (including phenoxy) is 2. The highest BCUT2D eigenvalue weighted by Crippen LogP contribution is 2.41. The molecule has 0 fully saturated rings. The monoisotopic (exact) mass is 458 g/mol. The van der Waals surface area contributed by atoms with Gasteiger partial charge in [0.15, 0.2) is 5.75 Å². The van der Waals surface area contributed by atoms with E-state index < -0.39 is 10.0 Å². The number of halogens is 2. The summed E-state index contributed by atoms with van der Waals surface area (Å²) in [6, 6.07) is 6.89. The van der Waals surface area contributed by atoms with Gasteiger partial charge in [0.05, 0.1) is 30.4 Å². The summed E-state index contributed by atoms with van der Waals surface area (Å²) in [5.74, 6) is 0.527. The molecule has 0 atom stereocenters. The van der Waals surface area contributed by atoms with Crippen LogP contribution in [0.4, 0.5) is 0 Å². The minimum atomic E-state index is -3.88. The van der Waals surface area contributed by atoms with Gasteiger partial charge in [0.1, 0.15) is 10.8 Å². The van der Waals surface area contributed by atoms with E-state index in [4.69, 9.17) is 32.7 Å². The van der Waals surface area contributed by atoms with E-state index in [1.807, 2.05) is 26.8 Å². The number of rotatable bonds is 6. The van der Waals surface area contributed by atoms with Gasteiger partial charge in [-0.2, -0.15) is 13.5 Å². The molecule has 158 valence electrons. The van der Waals surface area contributed by atoms with Gasteiger partial charge in [0.2, 0.25) is 0 Å². The molecule has 0 unspecified atom stereocenters. The summed E-state index contributed by atoms with van der Waals surface area (Å²) in [6.07, 6.45) is 1.27. The Morgan fingerprint density at radius 1 is 1.07 bits per heavy atom. The highest BCUT2D eigenvalue weighted by molar-refractivity contribution is 7.89. The molecule has 0 saturated heterocycles. The van der Waals surface area contributed by atoms with Gasteiger partial charge in [-0.3, -0.25) is 0 Å². The number of benzene rings is 2. The normalized spacial score (nSPS) is 12.3. The summed E-state index contributed by atoms with van der Waals surface area (Å²) in [4.78, 5) is 2.40. The standard InChI is InChI=1S/C20H24Cl2N2O4S/c1-12-7-8-14(20(2,3)4)10-16(12)29(25,26)24-23-11-13-9-15(21)19(28-6)17(22)18(13)27-5/h7-11,24H,1-6H3/b23-11+. The van der Waals surface area contributed by atoms with Gasteiger partial charge < -0.3 is 9.47 Å². The SMILES string of the molecule is COc1c(Cl)cc(/C=N/NS(=O)(=O)c2cc(C(C)(C)C)ccc2C)c(OC)c1Cl. The fourth-order valence-electron chi connectivity index (χ4n) is 2.66. The first-order valence-corrected chi connectivity index (χ1v) is 10.9. The van der Waals surface area contributed by atoms with E-state index >= 15 is 0 Å². The lowest BCUT2D eigenvalue weighted by Gasteiger charge is -2.20. The van der Waals surface area contributed by atoms with Crippen LogP contribution in [0.5, 0.6) is 11.5 Å². The second-order valence-electron chi connectivity index (χ2n) is 7.41. The molecule has 0 heterocycles. The molecule has 0 spiro atoms. The Hall–Kier alpha value is -1.96. The number of methoxy groups -OCH3 is 2. The largest absolute Gasteiger partial charge is 0.494 e. The summed E-state index contributed by atoms with van der Waals surface area (Å²) in [5, 5.41) is 4.28. The van der Waals surface area contributed by atoms with Crippen molar-refractivity contribution < 1.29 is 17.9 Å². The summed E-state index contributed by atoms with van der Waals surface area (Å²) in [7, 11) is -1.01. The molecule has 2 aromatic carbocycles. The summed E-state index contributed by atoms with van der Waals surface area (Å²) in [5.41, 5.74) is 1.73. The lowest BCUT2D eigenvalue weighted by atomic mass is 9.87. The minimum absolute atomic E-state index is 0.167. The number of aryl methyl sites for hydroxylation is 1. The van der Waals surface area contributed by atoms with Gasteiger partial charge in [0.25, 0.3) is 10.0 Å². The zero-order valence-electron chi connectivity index (χ0n) is 17.1. The molecular formula is C20H24Cl2N2O4S. The van der Waals surface area contributed by atoms with Gasteiger partial charge in [-0.05, 0) is 35.6 Å². The molecule has 0 bridgehead atoms. The van der Waals surface area contributed by atoms with Crippen molar-refractivity contribution in [3.8, 4) is 11.5 Å². The smallest absolute Gasteiger partial charge is 0.276 e. The molecular weight excluding hydrogens is 435 g/mol. The maximum absolute atomic E-state index is 12.8. The first-order chi connectivity index (χ1) is 13.4. The molecule has 0 amide bonds. The highest BCUT2D eigenvalue weighted by atomic mass is 35.5. The van der Waals surface area contributed by atoms with E-state index in [1.165, 1.54) is 26.5 Å². The first kappa shape index (κ1) is 23.3. The van der Waals surface area contributed by atoms with Crippen LogP contribution in [-0.2, 0) is 15.4 Å². The van der Waals surface area contributed by atoms with E-state index in [0.29, 0.717) is 11.1 Å². The lowest BCUT2D eigenvalue weighted by molar-refractivity contribution is 0.394. The van der Waals surface area contributed by atoms with Crippen LogP contribution < -0.4 is 14.3 Å². The topological polar surface area (TPSA) is 77.0 Å². The Labute approximate surface area is 181 Å². The van der Waals surface area contributed by atoms with Crippen molar-refractivity contribution in [3.63, 3.8) is 0 Å². The van der Waals surface area contributed by atoms with Gasteiger partial charge in [-0.25, -0.2) is 4.83 Å². The second kappa shape index (κ2) is 8.81. The fourth-order valence-corrected chi connectivity index (χ4v) is 4.43. The molecule has 6 nitrogen and oxygen atoms in total. The summed E-state index contributed by atoms with van der Waals surface area (Å²) >= 11 is 12.4. The third-order valence-corrected chi connectivity index (χ3v) is 6.28. The number of sulfonamides is 1. The molecule has 0 aromatic heterocycles. The minimum Gasteiger partial charge on any atom is -0.494 e. The van der Waals surface area contributed by atoms with Crippen molar-refractivity contribution in [1.29, 1.82) is 0 Å². The van der Waals surface area contributed by atoms with Crippen molar-refractivity contribution in [2.75, 3.05) is 14.2 Å². The average Bonchev–Trinajstić information content (AvgIpc) is 2.61. The zero-order valence-corrected chi connectivity index (χ0v) is 19.5. The van der Waals surface area contributed by atoms with Crippen LogP contribution in [0, 0.1) is 6.92 Å². The van der Waals surface area contributed by atoms with Gasteiger partial charge in [-0.1, -0.05) is 56.1 Å². The van der Waals surface area contributed by atoms with Crippen molar-refractivity contribution in [2.24, 2.45) is 5.10 Å². The maximum atomic E-state index is 12.8. The first-order valence-electron chi connectivity index (χ1n) is 8.68. The molecule has 0 aliphatic rings. The van der Waals surface area contributed by atoms with Crippen LogP contribution in [0.25, 0.3) is 0 Å². The summed E-state index contributed by atoms with van der Waals surface area (Å²) in [6.45, 7) is 7.78. The third-order valence-electron chi connectivity index (χ3n) is 4.29. The van der Waals surface area contributed by atoms with Crippen LogP contribution in [0.1, 0.15) is 37.5 Å². The van der Waals surface area contributed by atoms with Crippen molar-refractivity contribution >= 4 is 39.4 Å². The highest BCUT2D eigenvalue weighted by Gasteiger charge is 2.21. The Balaban J connectivity index is 2.38. The lowest BCUT2D eigenvalue weighted by Crippen LogP contribution is -2.21. The zero-order chi connectivity index (χ0) is 22.0. The quantitative estimate of drug-likeness (QED) is 0.491. The Morgan fingerprint density at radius 3 is 2.24 bits per heavy atom. The van der Waals surface area contributed by atoms with Gasteiger partial charge in [0, 0.05) is 5.56 Å². The van der Waals surface area contributed by atoms with Gasteiger partial charge in [-0.15, -0.1) is 0 Å². The predicted molar refractivity (Wildman–Crippen MR) is 117 cm³/mol. The molecule has 1 N–H and O–H groups in total. The molecule has 0 radical (unpaired) electrons. The van der Waals surface area contributed by atoms with Crippen LogP contribution in [0.2, 0.25) is 10.0 Å². The number of hydrazone groups is 1. The number of hydrogen-bond donors (Lipinski definition) is 1. The Kier molecular flexibility index (Phi) is 7.09. The van der Waals surface area contributed by atoms with E-state index in [2.05, 4.69) is 9.93 Å². The van der Waals surface area contributed by atoms with Gasteiger partial charge >= 0.3 is 0 Å². The Morgan fingerprint density at radius 2 is 1.69 bits per heavy atom. The molecule has 2 aromatic rings. The van der Waals surface area contributed by atoms with Crippen LogP contribution in [0.3, 0.4) is 0 Å². The maximum Gasteiger partial charge on any atom is 0.276 e. The van der Waals surface area contributed by atoms with Crippen molar-refractivity contribution in [2.45, 2.75) is 38.0 Å². The average molecular weight is 459 g/mol.